The second kappa shape index (κ2) is 4.27. The number of ether oxygens (including phenoxy) is 1. The van der Waals surface area contributed by atoms with E-state index in [1.54, 1.807) is 0 Å². The highest BCUT2D eigenvalue weighted by Crippen LogP contribution is 2.45. The van der Waals surface area contributed by atoms with E-state index in [9.17, 15) is 0 Å². The van der Waals surface area contributed by atoms with E-state index < -0.39 is 0 Å². The van der Waals surface area contributed by atoms with Crippen LogP contribution in [-0.4, -0.2) is 28.9 Å². The molecule has 0 aromatic rings. The van der Waals surface area contributed by atoms with Gasteiger partial charge in [-0.3, -0.25) is 5.32 Å². The van der Waals surface area contributed by atoms with Gasteiger partial charge in [-0.1, -0.05) is 13.8 Å². The highest BCUT2D eigenvalue weighted by atomic mass is 32.2. The predicted octanol–water partition coefficient (Wildman–Crippen LogP) is 2.78. The first-order chi connectivity index (χ1) is 7.11. The summed E-state index contributed by atoms with van der Waals surface area (Å²) in [5.41, 5.74) is 0.0981. The van der Waals surface area contributed by atoms with Gasteiger partial charge in [0, 0.05) is 24.8 Å². The molecular weight excluding hydrogens is 206 g/mol. The number of thioether (sulfide) groups is 1. The van der Waals surface area contributed by atoms with E-state index in [0.717, 1.165) is 19.4 Å². The van der Waals surface area contributed by atoms with Crippen LogP contribution in [0.1, 0.15) is 46.5 Å². The van der Waals surface area contributed by atoms with E-state index in [1.165, 1.54) is 18.6 Å². The van der Waals surface area contributed by atoms with Crippen LogP contribution < -0.4 is 5.32 Å². The Morgan fingerprint density at radius 1 is 1.47 bits per heavy atom. The van der Waals surface area contributed by atoms with Crippen LogP contribution in [0.4, 0.5) is 0 Å². The van der Waals surface area contributed by atoms with Crippen molar-refractivity contribution >= 4 is 11.8 Å². The zero-order chi connectivity index (χ0) is 10.9. The number of hydrogen-bond donors (Lipinski definition) is 1. The molecule has 3 heteroatoms. The third-order valence-electron chi connectivity index (χ3n) is 3.88. The number of rotatable bonds is 2. The van der Waals surface area contributed by atoms with Crippen molar-refractivity contribution in [3.8, 4) is 0 Å². The monoisotopic (exact) mass is 229 g/mol. The average molecular weight is 229 g/mol. The summed E-state index contributed by atoms with van der Waals surface area (Å²) in [7, 11) is 0. The van der Waals surface area contributed by atoms with Gasteiger partial charge in [-0.05, 0) is 26.2 Å². The van der Waals surface area contributed by atoms with E-state index in [2.05, 4.69) is 37.8 Å². The van der Waals surface area contributed by atoms with Crippen molar-refractivity contribution in [3.63, 3.8) is 0 Å². The minimum absolute atomic E-state index is 0.0981. The summed E-state index contributed by atoms with van der Waals surface area (Å²) in [5, 5.41) is 3.83. The average Bonchev–Trinajstić information content (AvgIpc) is 2.61. The van der Waals surface area contributed by atoms with Crippen molar-refractivity contribution in [1.29, 1.82) is 0 Å². The van der Waals surface area contributed by atoms with Gasteiger partial charge < -0.3 is 4.74 Å². The van der Waals surface area contributed by atoms with Crippen LogP contribution in [0.15, 0.2) is 0 Å². The molecule has 0 saturated carbocycles. The maximum Gasteiger partial charge on any atom is 0.0697 e. The Bertz CT molecular complexity index is 236. The SMILES string of the molecule is CCC1CSC2(CCOC(C)(CC)C2)N1. The number of hydrogen-bond acceptors (Lipinski definition) is 3. The second-order valence-electron chi connectivity index (χ2n) is 5.13. The molecule has 88 valence electrons. The molecule has 2 saturated heterocycles. The molecule has 2 nitrogen and oxygen atoms in total. The molecule has 2 aliphatic heterocycles. The molecule has 2 heterocycles. The topological polar surface area (TPSA) is 21.3 Å². The lowest BCUT2D eigenvalue weighted by Gasteiger charge is -2.44. The van der Waals surface area contributed by atoms with Crippen molar-refractivity contribution in [2.24, 2.45) is 0 Å². The van der Waals surface area contributed by atoms with Crippen LogP contribution in [0.25, 0.3) is 0 Å². The Morgan fingerprint density at radius 2 is 2.27 bits per heavy atom. The fourth-order valence-corrected chi connectivity index (χ4v) is 4.34. The summed E-state index contributed by atoms with van der Waals surface area (Å²) in [6, 6.07) is 0.717. The van der Waals surface area contributed by atoms with Crippen LogP contribution in [0.2, 0.25) is 0 Å². The van der Waals surface area contributed by atoms with Gasteiger partial charge >= 0.3 is 0 Å². The van der Waals surface area contributed by atoms with Crippen LogP contribution in [0.3, 0.4) is 0 Å². The van der Waals surface area contributed by atoms with Gasteiger partial charge in [0.1, 0.15) is 0 Å². The summed E-state index contributed by atoms with van der Waals surface area (Å²) in [6.45, 7) is 7.68. The lowest BCUT2D eigenvalue weighted by atomic mass is 9.89. The van der Waals surface area contributed by atoms with Gasteiger partial charge in [0.15, 0.2) is 0 Å². The van der Waals surface area contributed by atoms with Crippen molar-refractivity contribution in [2.75, 3.05) is 12.4 Å². The summed E-state index contributed by atoms with van der Waals surface area (Å²) in [4.78, 5) is 0.323. The second-order valence-corrected chi connectivity index (χ2v) is 6.54. The summed E-state index contributed by atoms with van der Waals surface area (Å²) < 4.78 is 5.92. The first kappa shape index (κ1) is 11.7. The summed E-state index contributed by atoms with van der Waals surface area (Å²) >= 11 is 2.12. The Balaban J connectivity index is 2.03. The maximum absolute atomic E-state index is 5.92. The molecule has 0 bridgehead atoms. The fraction of sp³-hybridized carbons (Fsp3) is 1.00. The molecule has 3 unspecified atom stereocenters. The summed E-state index contributed by atoms with van der Waals surface area (Å²) in [5.74, 6) is 1.27. The molecule has 0 radical (unpaired) electrons. The largest absolute Gasteiger partial charge is 0.375 e. The van der Waals surface area contributed by atoms with Crippen molar-refractivity contribution in [1.82, 2.24) is 5.32 Å². The van der Waals surface area contributed by atoms with Crippen molar-refractivity contribution in [2.45, 2.75) is 63.0 Å². The lowest BCUT2D eigenvalue weighted by Crippen LogP contribution is -2.52. The van der Waals surface area contributed by atoms with Crippen LogP contribution in [-0.2, 0) is 4.74 Å². The molecule has 1 N–H and O–H groups in total. The predicted molar refractivity (Wildman–Crippen MR) is 66.3 cm³/mol. The van der Waals surface area contributed by atoms with Gasteiger partial charge in [-0.25, -0.2) is 0 Å². The van der Waals surface area contributed by atoms with E-state index in [-0.39, 0.29) is 5.60 Å². The van der Waals surface area contributed by atoms with Crippen LogP contribution in [0, 0.1) is 0 Å². The molecule has 2 rings (SSSR count). The molecule has 2 fully saturated rings. The smallest absolute Gasteiger partial charge is 0.0697 e. The molecule has 3 atom stereocenters. The lowest BCUT2D eigenvalue weighted by molar-refractivity contribution is -0.0837. The van der Waals surface area contributed by atoms with Crippen LogP contribution >= 0.6 is 11.8 Å². The standard InChI is InChI=1S/C12H23NOS/c1-4-10-8-15-12(13-10)6-7-14-11(3,5-2)9-12/h10,13H,4-9H2,1-3H3. The first-order valence-electron chi connectivity index (χ1n) is 6.17. The van der Waals surface area contributed by atoms with E-state index in [4.69, 9.17) is 4.74 Å². The summed E-state index contributed by atoms with van der Waals surface area (Å²) in [6.07, 6.45) is 4.70. The Hall–Kier alpha value is 0.270. The van der Waals surface area contributed by atoms with E-state index in [0.29, 0.717) is 10.9 Å². The molecule has 0 aliphatic carbocycles. The Morgan fingerprint density at radius 3 is 2.87 bits per heavy atom. The molecule has 0 aromatic heterocycles. The fourth-order valence-electron chi connectivity index (χ4n) is 2.61. The Labute approximate surface area is 97.5 Å². The molecule has 15 heavy (non-hydrogen) atoms. The van der Waals surface area contributed by atoms with Gasteiger partial charge in [-0.15, -0.1) is 11.8 Å². The Kier molecular flexibility index (Phi) is 3.34. The van der Waals surface area contributed by atoms with Crippen molar-refractivity contribution in [3.05, 3.63) is 0 Å². The normalized spacial score (nSPS) is 46.2. The zero-order valence-corrected chi connectivity index (χ0v) is 11.0. The van der Waals surface area contributed by atoms with Gasteiger partial charge in [0.25, 0.3) is 0 Å². The third kappa shape index (κ3) is 2.34. The highest BCUT2D eigenvalue weighted by Gasteiger charge is 2.46. The quantitative estimate of drug-likeness (QED) is 0.787. The number of nitrogens with one attached hydrogen (secondary N) is 1. The minimum atomic E-state index is 0.0981. The third-order valence-corrected chi connectivity index (χ3v) is 5.47. The zero-order valence-electron chi connectivity index (χ0n) is 10.1. The van der Waals surface area contributed by atoms with Gasteiger partial charge in [0.05, 0.1) is 10.5 Å². The van der Waals surface area contributed by atoms with Crippen LogP contribution in [0.5, 0.6) is 0 Å². The van der Waals surface area contributed by atoms with Gasteiger partial charge in [0.2, 0.25) is 0 Å². The molecule has 1 spiro atoms. The van der Waals surface area contributed by atoms with Crippen molar-refractivity contribution < 1.29 is 4.74 Å². The molecule has 0 amide bonds. The maximum atomic E-state index is 5.92. The molecule has 0 aromatic carbocycles. The first-order valence-corrected chi connectivity index (χ1v) is 7.15. The highest BCUT2D eigenvalue weighted by molar-refractivity contribution is 8.00. The van der Waals surface area contributed by atoms with E-state index >= 15 is 0 Å². The molecule has 2 aliphatic rings. The molecular formula is C12H23NOS. The van der Waals surface area contributed by atoms with E-state index in [1.807, 2.05) is 0 Å². The van der Waals surface area contributed by atoms with Gasteiger partial charge in [-0.2, -0.15) is 0 Å². The minimum Gasteiger partial charge on any atom is -0.375 e.